The second-order valence-electron chi connectivity index (χ2n) is 6.57. The highest BCUT2D eigenvalue weighted by Crippen LogP contribution is 2.29. The summed E-state index contributed by atoms with van der Waals surface area (Å²) in [5.74, 6) is 0.574. The SMILES string of the molecule is CCOc1cc(/C=C(/C#N)C(=O)OC(C)C)ccc1OCCN1CCOCC1. The zero-order valence-electron chi connectivity index (χ0n) is 16.8. The molecule has 1 aliphatic heterocycles. The number of benzene rings is 1. The number of rotatable bonds is 9. The summed E-state index contributed by atoms with van der Waals surface area (Å²) in [5.41, 5.74) is 0.610. The standard InChI is InChI=1S/C21H28N2O5/c1-4-26-20-14-17(13-18(15-22)21(24)28-16(2)3)5-6-19(20)27-12-9-23-7-10-25-11-8-23/h5-6,13-14,16H,4,7-12H2,1-3H3/b18-13-. The summed E-state index contributed by atoms with van der Waals surface area (Å²) in [5, 5.41) is 9.25. The Kier molecular flexibility index (Phi) is 8.79. The van der Waals surface area contributed by atoms with E-state index in [0.29, 0.717) is 30.3 Å². The van der Waals surface area contributed by atoms with Crippen molar-refractivity contribution in [3.8, 4) is 17.6 Å². The van der Waals surface area contributed by atoms with Gasteiger partial charge < -0.3 is 18.9 Å². The van der Waals surface area contributed by atoms with E-state index in [-0.39, 0.29) is 11.7 Å². The van der Waals surface area contributed by atoms with Crippen LogP contribution in [0.1, 0.15) is 26.3 Å². The van der Waals surface area contributed by atoms with Crippen molar-refractivity contribution in [3.05, 3.63) is 29.3 Å². The van der Waals surface area contributed by atoms with Gasteiger partial charge in [0.1, 0.15) is 18.2 Å². The molecule has 0 unspecified atom stereocenters. The molecule has 0 saturated carbocycles. The maximum absolute atomic E-state index is 12.0. The average molecular weight is 388 g/mol. The smallest absolute Gasteiger partial charge is 0.349 e. The number of hydrogen-bond donors (Lipinski definition) is 0. The second-order valence-corrected chi connectivity index (χ2v) is 6.57. The molecule has 1 heterocycles. The fourth-order valence-electron chi connectivity index (χ4n) is 2.69. The van der Waals surface area contributed by atoms with E-state index in [1.807, 2.05) is 13.0 Å². The maximum atomic E-state index is 12.0. The molecule has 0 spiro atoms. The molecule has 152 valence electrons. The summed E-state index contributed by atoms with van der Waals surface area (Å²) in [6.45, 7) is 10.5. The third-order valence-electron chi connectivity index (χ3n) is 4.03. The number of nitrogens with zero attached hydrogens (tertiary/aromatic N) is 2. The summed E-state index contributed by atoms with van der Waals surface area (Å²) in [7, 11) is 0. The van der Waals surface area contributed by atoms with E-state index in [1.165, 1.54) is 6.08 Å². The molecule has 7 heteroatoms. The van der Waals surface area contributed by atoms with E-state index in [4.69, 9.17) is 18.9 Å². The Hall–Kier alpha value is -2.56. The van der Waals surface area contributed by atoms with Gasteiger partial charge in [0.25, 0.3) is 0 Å². The van der Waals surface area contributed by atoms with E-state index >= 15 is 0 Å². The zero-order chi connectivity index (χ0) is 20.4. The molecule has 0 atom stereocenters. The lowest BCUT2D eigenvalue weighted by Crippen LogP contribution is -2.38. The Morgan fingerprint density at radius 2 is 2.04 bits per heavy atom. The Balaban J connectivity index is 2.07. The highest BCUT2D eigenvalue weighted by atomic mass is 16.5. The van der Waals surface area contributed by atoms with E-state index in [0.717, 1.165) is 32.8 Å². The second kappa shape index (κ2) is 11.3. The minimum atomic E-state index is -0.638. The van der Waals surface area contributed by atoms with Gasteiger partial charge in [-0.3, -0.25) is 4.90 Å². The van der Waals surface area contributed by atoms with Crippen LogP contribution in [-0.4, -0.2) is 63.0 Å². The Bertz CT molecular complexity index is 718. The van der Waals surface area contributed by atoms with Gasteiger partial charge in [0, 0.05) is 19.6 Å². The first-order chi connectivity index (χ1) is 13.5. The van der Waals surface area contributed by atoms with Crippen molar-refractivity contribution in [2.24, 2.45) is 0 Å². The molecule has 0 aliphatic carbocycles. The molecule has 0 aromatic heterocycles. The van der Waals surface area contributed by atoms with Gasteiger partial charge in [-0.05, 0) is 44.5 Å². The molecule has 0 amide bonds. The van der Waals surface area contributed by atoms with Gasteiger partial charge in [-0.1, -0.05) is 6.07 Å². The molecule has 28 heavy (non-hydrogen) atoms. The van der Waals surface area contributed by atoms with Crippen LogP contribution in [0.5, 0.6) is 11.5 Å². The molecular formula is C21H28N2O5. The number of carbonyl (C=O) groups is 1. The topological polar surface area (TPSA) is 81.0 Å². The minimum absolute atomic E-state index is 0.0582. The lowest BCUT2D eigenvalue weighted by molar-refractivity contribution is -0.142. The van der Waals surface area contributed by atoms with Gasteiger partial charge in [-0.25, -0.2) is 4.79 Å². The summed E-state index contributed by atoms with van der Waals surface area (Å²) < 4.78 is 22.0. The fourth-order valence-corrected chi connectivity index (χ4v) is 2.69. The summed E-state index contributed by atoms with van der Waals surface area (Å²) in [4.78, 5) is 14.3. The fraction of sp³-hybridized carbons (Fsp3) is 0.524. The molecular weight excluding hydrogens is 360 g/mol. The average Bonchev–Trinajstić information content (AvgIpc) is 2.68. The lowest BCUT2D eigenvalue weighted by atomic mass is 10.1. The normalized spacial score (nSPS) is 15.2. The number of hydrogen-bond acceptors (Lipinski definition) is 7. The van der Waals surface area contributed by atoms with Crippen LogP contribution in [0.15, 0.2) is 23.8 Å². The monoisotopic (exact) mass is 388 g/mol. The van der Waals surface area contributed by atoms with Crippen LogP contribution in [-0.2, 0) is 14.3 Å². The van der Waals surface area contributed by atoms with Gasteiger partial charge in [-0.15, -0.1) is 0 Å². The van der Waals surface area contributed by atoms with Crippen LogP contribution in [0.2, 0.25) is 0 Å². The van der Waals surface area contributed by atoms with Crippen LogP contribution in [0.3, 0.4) is 0 Å². The molecule has 1 saturated heterocycles. The number of carbonyl (C=O) groups excluding carboxylic acids is 1. The predicted molar refractivity (Wildman–Crippen MR) is 105 cm³/mol. The van der Waals surface area contributed by atoms with Crippen LogP contribution in [0.25, 0.3) is 6.08 Å². The van der Waals surface area contributed by atoms with E-state index in [2.05, 4.69) is 4.90 Å². The van der Waals surface area contributed by atoms with Crippen molar-refractivity contribution in [3.63, 3.8) is 0 Å². The molecule has 1 aromatic carbocycles. The highest BCUT2D eigenvalue weighted by Gasteiger charge is 2.14. The first kappa shape index (κ1) is 21.7. The molecule has 1 fully saturated rings. The molecule has 0 bridgehead atoms. The quantitative estimate of drug-likeness (QED) is 0.365. The van der Waals surface area contributed by atoms with Crippen molar-refractivity contribution >= 4 is 12.0 Å². The Labute approximate surface area is 166 Å². The van der Waals surface area contributed by atoms with Crippen LogP contribution in [0.4, 0.5) is 0 Å². The number of morpholine rings is 1. The van der Waals surface area contributed by atoms with Gasteiger partial charge in [0.15, 0.2) is 11.5 Å². The Morgan fingerprint density at radius 1 is 1.29 bits per heavy atom. The number of esters is 1. The molecule has 2 rings (SSSR count). The minimum Gasteiger partial charge on any atom is -0.490 e. The summed E-state index contributed by atoms with van der Waals surface area (Å²) >= 11 is 0. The van der Waals surface area contributed by atoms with E-state index < -0.39 is 5.97 Å². The molecule has 0 N–H and O–H groups in total. The van der Waals surface area contributed by atoms with Crippen molar-refractivity contribution in [1.82, 2.24) is 4.90 Å². The number of ether oxygens (including phenoxy) is 4. The summed E-state index contributed by atoms with van der Waals surface area (Å²) in [6, 6.07) is 7.22. The lowest BCUT2D eigenvalue weighted by Gasteiger charge is -2.26. The largest absolute Gasteiger partial charge is 0.490 e. The van der Waals surface area contributed by atoms with E-state index in [1.54, 1.807) is 32.0 Å². The van der Waals surface area contributed by atoms with Gasteiger partial charge in [0.2, 0.25) is 0 Å². The predicted octanol–water partition coefficient (Wildman–Crippen LogP) is 2.65. The van der Waals surface area contributed by atoms with E-state index in [9.17, 15) is 10.1 Å². The first-order valence-electron chi connectivity index (χ1n) is 9.56. The first-order valence-corrected chi connectivity index (χ1v) is 9.56. The van der Waals surface area contributed by atoms with Crippen LogP contribution in [0, 0.1) is 11.3 Å². The van der Waals surface area contributed by atoms with Crippen molar-refractivity contribution in [1.29, 1.82) is 5.26 Å². The molecule has 1 aliphatic rings. The van der Waals surface area contributed by atoms with Crippen LogP contribution < -0.4 is 9.47 Å². The molecule has 1 aromatic rings. The third-order valence-corrected chi connectivity index (χ3v) is 4.03. The zero-order valence-corrected chi connectivity index (χ0v) is 16.8. The molecule has 0 radical (unpaired) electrons. The van der Waals surface area contributed by atoms with Gasteiger partial charge >= 0.3 is 5.97 Å². The summed E-state index contributed by atoms with van der Waals surface area (Å²) in [6.07, 6.45) is 1.20. The molecule has 7 nitrogen and oxygen atoms in total. The van der Waals surface area contributed by atoms with Crippen LogP contribution >= 0.6 is 0 Å². The Morgan fingerprint density at radius 3 is 2.68 bits per heavy atom. The van der Waals surface area contributed by atoms with Gasteiger partial charge in [-0.2, -0.15) is 5.26 Å². The third kappa shape index (κ3) is 6.87. The number of nitriles is 1. The van der Waals surface area contributed by atoms with Gasteiger partial charge in [0.05, 0.1) is 25.9 Å². The van der Waals surface area contributed by atoms with Crippen molar-refractivity contribution in [2.75, 3.05) is 46.1 Å². The maximum Gasteiger partial charge on any atom is 0.349 e. The highest BCUT2D eigenvalue weighted by molar-refractivity contribution is 5.98. The van der Waals surface area contributed by atoms with Crippen molar-refractivity contribution < 1.29 is 23.7 Å². The van der Waals surface area contributed by atoms with Crippen molar-refractivity contribution in [2.45, 2.75) is 26.9 Å².